The number of allylic oxidation sites excluding steroid dienone is 5. The van der Waals surface area contributed by atoms with Crippen LogP contribution in [0.1, 0.15) is 22.3 Å². The third kappa shape index (κ3) is 3.61. The van der Waals surface area contributed by atoms with Gasteiger partial charge < -0.3 is 0 Å². The second-order valence-electron chi connectivity index (χ2n) is 5.39. The molecule has 0 radical (unpaired) electrons. The first-order chi connectivity index (χ1) is 11.3. The van der Waals surface area contributed by atoms with Crippen molar-refractivity contribution in [2.24, 2.45) is 0 Å². The normalized spacial score (nSPS) is 13.3. The molecule has 0 aliphatic heterocycles. The summed E-state index contributed by atoms with van der Waals surface area (Å²) in [6.45, 7) is 0. The molecule has 3 rings (SSSR count). The first-order valence-electron chi connectivity index (χ1n) is 7.50. The molecule has 1 aliphatic carbocycles. The van der Waals surface area contributed by atoms with Gasteiger partial charge in [0.05, 0.1) is 0 Å². The van der Waals surface area contributed by atoms with E-state index in [1.807, 2.05) is 66.8 Å². The zero-order valence-corrected chi connectivity index (χ0v) is 12.6. The molecular weight excluding hydrogens is 284 g/mol. The molecule has 0 saturated heterocycles. The van der Waals surface area contributed by atoms with Crippen LogP contribution in [0.4, 0.5) is 0 Å². The van der Waals surface area contributed by atoms with Crippen molar-refractivity contribution in [1.82, 2.24) is 0 Å². The van der Waals surface area contributed by atoms with E-state index >= 15 is 0 Å². The second kappa shape index (κ2) is 6.84. The molecule has 0 fully saturated rings. The fraction of sp³-hybridized carbons (Fsp3) is 0.0476. The van der Waals surface area contributed by atoms with Crippen molar-refractivity contribution < 1.29 is 9.59 Å². The van der Waals surface area contributed by atoms with Crippen molar-refractivity contribution in [3.05, 3.63) is 89.5 Å². The molecule has 2 aromatic carbocycles. The lowest BCUT2D eigenvalue weighted by atomic mass is 10.0. The van der Waals surface area contributed by atoms with Gasteiger partial charge in [-0.1, -0.05) is 66.8 Å². The molecule has 2 aromatic rings. The van der Waals surface area contributed by atoms with Gasteiger partial charge in [0.1, 0.15) is 6.29 Å². The predicted octanol–water partition coefficient (Wildman–Crippen LogP) is 4.63. The molecule has 0 unspecified atom stereocenters. The third-order valence-electron chi connectivity index (χ3n) is 3.78. The zero-order chi connectivity index (χ0) is 16.1. The molecule has 0 N–H and O–H groups in total. The molecule has 112 valence electrons. The lowest BCUT2D eigenvalue weighted by Gasteiger charge is -2.03. The van der Waals surface area contributed by atoms with Crippen molar-refractivity contribution in [3.8, 4) is 11.1 Å². The SMILES string of the molecule is O=Cc1cccc(-c2ccc(/C=C/C(=O)C3=CC=CC3)cc2)c1. The number of carbonyl (C=O) groups is 2. The van der Waals surface area contributed by atoms with Gasteiger partial charge in [-0.05, 0) is 35.3 Å². The topological polar surface area (TPSA) is 34.1 Å². The fourth-order valence-corrected chi connectivity index (χ4v) is 2.49. The summed E-state index contributed by atoms with van der Waals surface area (Å²) in [6.07, 6.45) is 10.7. The van der Waals surface area contributed by atoms with E-state index in [4.69, 9.17) is 0 Å². The first kappa shape index (κ1) is 14.9. The van der Waals surface area contributed by atoms with Gasteiger partial charge in [-0.25, -0.2) is 0 Å². The van der Waals surface area contributed by atoms with Crippen LogP contribution in [0, 0.1) is 0 Å². The van der Waals surface area contributed by atoms with Crippen molar-refractivity contribution in [2.45, 2.75) is 6.42 Å². The Labute approximate surface area is 135 Å². The zero-order valence-electron chi connectivity index (χ0n) is 12.6. The smallest absolute Gasteiger partial charge is 0.182 e. The molecule has 2 heteroatoms. The molecule has 0 spiro atoms. The molecule has 0 atom stereocenters. The predicted molar refractivity (Wildman–Crippen MR) is 93.1 cm³/mol. The minimum absolute atomic E-state index is 0.0535. The minimum Gasteiger partial charge on any atom is -0.298 e. The number of carbonyl (C=O) groups excluding carboxylic acids is 2. The Morgan fingerprint density at radius 2 is 1.78 bits per heavy atom. The molecule has 0 aromatic heterocycles. The maximum absolute atomic E-state index is 11.9. The molecular formula is C21H16O2. The van der Waals surface area contributed by atoms with Crippen LogP contribution in [0.2, 0.25) is 0 Å². The van der Waals surface area contributed by atoms with E-state index in [9.17, 15) is 9.59 Å². The fourth-order valence-electron chi connectivity index (χ4n) is 2.49. The van der Waals surface area contributed by atoms with E-state index in [-0.39, 0.29) is 5.78 Å². The van der Waals surface area contributed by atoms with Gasteiger partial charge in [0.15, 0.2) is 5.78 Å². The number of ketones is 1. The van der Waals surface area contributed by atoms with Gasteiger partial charge in [-0.15, -0.1) is 0 Å². The molecule has 2 nitrogen and oxygen atoms in total. The summed E-state index contributed by atoms with van der Waals surface area (Å²) in [5.41, 5.74) is 4.50. The molecule has 1 aliphatic rings. The number of hydrogen-bond donors (Lipinski definition) is 0. The Balaban J connectivity index is 1.74. The maximum Gasteiger partial charge on any atom is 0.182 e. The summed E-state index contributed by atoms with van der Waals surface area (Å²) in [7, 11) is 0. The van der Waals surface area contributed by atoms with E-state index in [1.54, 1.807) is 12.1 Å². The lowest BCUT2D eigenvalue weighted by molar-refractivity contribution is -0.111. The number of hydrogen-bond acceptors (Lipinski definition) is 2. The van der Waals surface area contributed by atoms with Gasteiger partial charge in [-0.3, -0.25) is 9.59 Å². The summed E-state index contributed by atoms with van der Waals surface area (Å²) in [5, 5.41) is 0. The Bertz CT molecular complexity index is 821. The average molecular weight is 300 g/mol. The van der Waals surface area contributed by atoms with Crippen molar-refractivity contribution >= 4 is 18.1 Å². The van der Waals surface area contributed by atoms with Gasteiger partial charge in [0, 0.05) is 11.1 Å². The van der Waals surface area contributed by atoms with Crippen LogP contribution in [0.15, 0.2) is 78.4 Å². The summed E-state index contributed by atoms with van der Waals surface area (Å²) < 4.78 is 0. The van der Waals surface area contributed by atoms with Gasteiger partial charge in [-0.2, -0.15) is 0 Å². The Hall–Kier alpha value is -3.00. The van der Waals surface area contributed by atoms with Crippen LogP contribution in [0.5, 0.6) is 0 Å². The average Bonchev–Trinajstić information content (AvgIpc) is 3.15. The van der Waals surface area contributed by atoms with E-state index < -0.39 is 0 Å². The summed E-state index contributed by atoms with van der Waals surface area (Å²) in [5.74, 6) is 0.0535. The van der Waals surface area contributed by atoms with Crippen molar-refractivity contribution in [2.75, 3.05) is 0 Å². The Morgan fingerprint density at radius 3 is 2.48 bits per heavy atom. The number of aldehydes is 1. The Kier molecular flexibility index (Phi) is 4.44. The third-order valence-corrected chi connectivity index (χ3v) is 3.78. The van der Waals surface area contributed by atoms with E-state index in [2.05, 4.69) is 0 Å². The standard InChI is InChI=1S/C21H16O2/c22-15-17-4-3-7-20(14-17)18-11-8-16(9-12-18)10-13-21(23)19-5-1-2-6-19/h1-5,7-15H,6H2/b13-10+. The van der Waals surface area contributed by atoms with Crippen molar-refractivity contribution in [1.29, 1.82) is 0 Å². The minimum atomic E-state index is 0.0535. The highest BCUT2D eigenvalue weighted by Crippen LogP contribution is 2.21. The van der Waals surface area contributed by atoms with Gasteiger partial charge in [0.2, 0.25) is 0 Å². The van der Waals surface area contributed by atoms with Gasteiger partial charge >= 0.3 is 0 Å². The van der Waals surface area contributed by atoms with Crippen LogP contribution in [-0.2, 0) is 4.79 Å². The summed E-state index contributed by atoms with van der Waals surface area (Å²) in [4.78, 5) is 22.8. The quantitative estimate of drug-likeness (QED) is 0.595. The number of rotatable bonds is 5. The molecule has 23 heavy (non-hydrogen) atoms. The molecule has 0 saturated carbocycles. The molecule has 0 heterocycles. The highest BCUT2D eigenvalue weighted by molar-refractivity contribution is 6.07. The molecule has 0 amide bonds. The summed E-state index contributed by atoms with van der Waals surface area (Å²) >= 11 is 0. The number of benzene rings is 2. The van der Waals surface area contributed by atoms with Crippen molar-refractivity contribution in [3.63, 3.8) is 0 Å². The maximum atomic E-state index is 11.9. The van der Waals surface area contributed by atoms with E-state index in [1.165, 1.54) is 0 Å². The second-order valence-corrected chi connectivity index (χ2v) is 5.39. The van der Waals surface area contributed by atoms with E-state index in [0.717, 1.165) is 35.0 Å². The lowest BCUT2D eigenvalue weighted by Crippen LogP contribution is -1.94. The van der Waals surface area contributed by atoms with Crippen LogP contribution in [0.25, 0.3) is 17.2 Å². The van der Waals surface area contributed by atoms with Crippen LogP contribution >= 0.6 is 0 Å². The summed E-state index contributed by atoms with van der Waals surface area (Å²) in [6, 6.07) is 15.4. The Morgan fingerprint density at radius 1 is 0.957 bits per heavy atom. The largest absolute Gasteiger partial charge is 0.298 e. The van der Waals surface area contributed by atoms with Crippen LogP contribution < -0.4 is 0 Å². The van der Waals surface area contributed by atoms with Crippen LogP contribution in [-0.4, -0.2) is 12.1 Å². The monoisotopic (exact) mass is 300 g/mol. The van der Waals surface area contributed by atoms with Gasteiger partial charge in [0.25, 0.3) is 0 Å². The molecule has 0 bridgehead atoms. The highest BCUT2D eigenvalue weighted by atomic mass is 16.1. The first-order valence-corrected chi connectivity index (χ1v) is 7.50. The highest BCUT2D eigenvalue weighted by Gasteiger charge is 2.06. The van der Waals surface area contributed by atoms with E-state index in [0.29, 0.717) is 5.56 Å². The van der Waals surface area contributed by atoms with Crippen LogP contribution in [0.3, 0.4) is 0 Å².